The highest BCUT2D eigenvalue weighted by molar-refractivity contribution is 9.13. The van der Waals surface area contributed by atoms with E-state index in [0.29, 0.717) is 11.0 Å². The number of aliphatic hydroxyl groups excluding tert-OH is 3. The van der Waals surface area contributed by atoms with Crippen LogP contribution in [0.25, 0.3) is 11.0 Å². The lowest BCUT2D eigenvalue weighted by Gasteiger charge is -2.18. The zero-order valence-corrected chi connectivity index (χ0v) is 14.4. The average molecular weight is 442 g/mol. The van der Waals surface area contributed by atoms with Gasteiger partial charge in [-0.2, -0.15) is 0 Å². The number of ether oxygens (including phenoxy) is 1. The molecule has 6 nitrogen and oxygen atoms in total. The van der Waals surface area contributed by atoms with E-state index in [1.54, 1.807) is 12.1 Å². The topological polar surface area (TPSA) is 87.7 Å². The van der Waals surface area contributed by atoms with Gasteiger partial charge in [-0.15, -0.1) is 0 Å². The molecule has 1 aliphatic heterocycles. The number of halogens is 3. The molecule has 0 bridgehead atoms. The fourth-order valence-corrected chi connectivity index (χ4v) is 3.34. The number of aliphatic hydroxyl groups is 3. The van der Waals surface area contributed by atoms with E-state index in [1.165, 1.54) is 4.57 Å². The zero-order valence-electron chi connectivity index (χ0n) is 10.4. The number of fused-ring (bicyclic) bond motifs is 1. The molecule has 3 rings (SSSR count). The maximum atomic E-state index is 10.1. The summed E-state index contributed by atoms with van der Waals surface area (Å²) in [6.07, 6.45) is -4.17. The van der Waals surface area contributed by atoms with Crippen LogP contribution in [-0.4, -0.2) is 49.8 Å². The Hall–Kier alpha value is -0.220. The third-order valence-corrected chi connectivity index (χ3v) is 5.57. The van der Waals surface area contributed by atoms with Crippen molar-refractivity contribution in [3.8, 4) is 0 Å². The maximum Gasteiger partial charge on any atom is 0.206 e. The summed E-state index contributed by atoms with van der Waals surface area (Å²) in [4.78, 5) is 4.21. The predicted molar refractivity (Wildman–Crippen MR) is 83.2 cm³/mol. The number of hydrogen-bond acceptors (Lipinski definition) is 5. The number of nitrogens with zero attached hydrogens (tertiary/aromatic N) is 2. The first-order valence-corrected chi connectivity index (χ1v) is 8.05. The molecular weight excluding hydrogens is 431 g/mol. The van der Waals surface area contributed by atoms with E-state index >= 15 is 0 Å². The van der Waals surface area contributed by atoms with Crippen molar-refractivity contribution in [3.05, 3.63) is 26.4 Å². The Morgan fingerprint density at radius 2 is 1.90 bits per heavy atom. The van der Waals surface area contributed by atoms with Crippen molar-refractivity contribution in [1.82, 2.24) is 9.55 Å². The van der Waals surface area contributed by atoms with E-state index in [4.69, 9.17) is 21.4 Å². The summed E-state index contributed by atoms with van der Waals surface area (Å²) in [5.74, 6) is 0. The van der Waals surface area contributed by atoms with Crippen LogP contribution in [0.15, 0.2) is 21.1 Å². The van der Waals surface area contributed by atoms with Crippen molar-refractivity contribution in [2.75, 3.05) is 6.61 Å². The van der Waals surface area contributed by atoms with Gasteiger partial charge in [-0.1, -0.05) is 0 Å². The van der Waals surface area contributed by atoms with Gasteiger partial charge in [-0.25, -0.2) is 4.98 Å². The Morgan fingerprint density at radius 3 is 2.52 bits per heavy atom. The van der Waals surface area contributed by atoms with E-state index in [2.05, 4.69) is 36.8 Å². The van der Waals surface area contributed by atoms with E-state index in [1.807, 2.05) is 0 Å². The molecular formula is C12H11Br2ClN2O4. The molecule has 0 radical (unpaired) electrons. The molecule has 1 unspecified atom stereocenters. The third kappa shape index (κ3) is 2.52. The maximum absolute atomic E-state index is 10.1. The van der Waals surface area contributed by atoms with Gasteiger partial charge in [0.25, 0.3) is 0 Å². The molecule has 1 aromatic heterocycles. The van der Waals surface area contributed by atoms with Crippen molar-refractivity contribution in [1.29, 1.82) is 0 Å². The summed E-state index contributed by atoms with van der Waals surface area (Å²) in [6.45, 7) is -0.395. The number of hydrogen-bond donors (Lipinski definition) is 3. The molecule has 21 heavy (non-hydrogen) atoms. The highest BCUT2D eigenvalue weighted by atomic mass is 79.9. The summed E-state index contributed by atoms with van der Waals surface area (Å²) in [6, 6.07) is 3.57. The van der Waals surface area contributed by atoms with Crippen LogP contribution in [0.3, 0.4) is 0 Å². The van der Waals surface area contributed by atoms with E-state index < -0.39 is 31.1 Å². The molecule has 114 valence electrons. The number of imidazole rings is 1. The molecule has 0 amide bonds. The van der Waals surface area contributed by atoms with Crippen LogP contribution in [-0.2, 0) is 4.74 Å². The van der Waals surface area contributed by atoms with Gasteiger partial charge in [-0.05, 0) is 55.6 Å². The van der Waals surface area contributed by atoms with Crippen molar-refractivity contribution in [2.45, 2.75) is 24.5 Å². The van der Waals surface area contributed by atoms with Crippen molar-refractivity contribution >= 4 is 54.5 Å². The standard InChI is InChI=1S/C12H11Br2ClN2O4/c13-4-1-6-7(2-5(4)14)17(12(15)16-6)11-10(20)9(19)8(3-18)21-11/h1-2,8-11,18-20H,3H2/t8-,9-,10-,11?/m1/s1. The van der Waals surface area contributed by atoms with Crippen LogP contribution in [0.5, 0.6) is 0 Å². The van der Waals surface area contributed by atoms with Crippen LogP contribution >= 0.6 is 43.5 Å². The minimum atomic E-state index is -1.21. The van der Waals surface area contributed by atoms with E-state index in [0.717, 1.165) is 8.95 Å². The average Bonchev–Trinajstić information content (AvgIpc) is 2.89. The molecule has 2 aromatic rings. The fraction of sp³-hybridized carbons (Fsp3) is 0.417. The molecule has 9 heteroatoms. The lowest BCUT2D eigenvalue weighted by atomic mass is 10.1. The van der Waals surface area contributed by atoms with E-state index in [9.17, 15) is 10.2 Å². The number of aromatic nitrogens is 2. The van der Waals surface area contributed by atoms with Gasteiger partial charge in [0, 0.05) is 8.95 Å². The van der Waals surface area contributed by atoms with Crippen LogP contribution in [0.2, 0.25) is 5.28 Å². The Kier molecular flexibility index (Phi) is 4.30. The van der Waals surface area contributed by atoms with Gasteiger partial charge in [0.05, 0.1) is 17.6 Å². The monoisotopic (exact) mass is 440 g/mol. The highest BCUT2D eigenvalue weighted by Crippen LogP contribution is 2.37. The normalized spacial score (nSPS) is 29.4. The highest BCUT2D eigenvalue weighted by Gasteiger charge is 2.44. The minimum Gasteiger partial charge on any atom is -0.394 e. The van der Waals surface area contributed by atoms with Gasteiger partial charge >= 0.3 is 0 Å². The smallest absolute Gasteiger partial charge is 0.206 e. The SMILES string of the molecule is OC[C@H]1OC(n2c(Cl)nc3cc(Br)c(Br)cc32)[C@H](O)[C@@H]1O. The Balaban J connectivity index is 2.12. The molecule has 1 fully saturated rings. The van der Waals surface area contributed by atoms with Gasteiger partial charge in [0.15, 0.2) is 6.23 Å². The molecule has 0 saturated carbocycles. The minimum absolute atomic E-state index is 0.129. The molecule has 3 N–H and O–H groups in total. The van der Waals surface area contributed by atoms with Crippen LogP contribution in [0, 0.1) is 0 Å². The Bertz CT molecular complexity index is 695. The van der Waals surface area contributed by atoms with E-state index in [-0.39, 0.29) is 5.28 Å². The molecule has 4 atom stereocenters. The van der Waals surface area contributed by atoms with Gasteiger partial charge in [0.2, 0.25) is 5.28 Å². The predicted octanol–water partition coefficient (Wildman–Crippen LogP) is 1.83. The number of benzene rings is 1. The summed E-state index contributed by atoms with van der Waals surface area (Å²) in [5, 5.41) is 29.3. The first-order chi connectivity index (χ1) is 9.93. The lowest BCUT2D eigenvalue weighted by Crippen LogP contribution is -2.33. The second kappa shape index (κ2) is 5.77. The largest absolute Gasteiger partial charge is 0.394 e. The summed E-state index contributed by atoms with van der Waals surface area (Å²) in [5.41, 5.74) is 1.26. The van der Waals surface area contributed by atoms with Crippen LogP contribution in [0.4, 0.5) is 0 Å². The molecule has 2 heterocycles. The number of rotatable bonds is 2. The van der Waals surface area contributed by atoms with Crippen molar-refractivity contribution in [2.24, 2.45) is 0 Å². The van der Waals surface area contributed by atoms with Gasteiger partial charge in [0.1, 0.15) is 18.3 Å². The fourth-order valence-electron chi connectivity index (χ4n) is 2.40. The Labute approximate surface area is 141 Å². The van der Waals surface area contributed by atoms with Crippen molar-refractivity contribution in [3.63, 3.8) is 0 Å². The van der Waals surface area contributed by atoms with Crippen molar-refractivity contribution < 1.29 is 20.1 Å². The summed E-state index contributed by atoms with van der Waals surface area (Å²) >= 11 is 12.9. The molecule has 0 aliphatic carbocycles. The second-order valence-corrected chi connectivity index (χ2v) is 6.78. The summed E-state index contributed by atoms with van der Waals surface area (Å²) in [7, 11) is 0. The second-order valence-electron chi connectivity index (χ2n) is 4.73. The zero-order chi connectivity index (χ0) is 15.3. The molecule has 1 saturated heterocycles. The first-order valence-electron chi connectivity index (χ1n) is 6.09. The molecule has 0 spiro atoms. The first kappa shape index (κ1) is 15.7. The lowest BCUT2D eigenvalue weighted by molar-refractivity contribution is -0.0507. The van der Waals surface area contributed by atoms with Gasteiger partial charge in [-0.3, -0.25) is 4.57 Å². The Morgan fingerprint density at radius 1 is 1.24 bits per heavy atom. The van der Waals surface area contributed by atoms with Crippen LogP contribution < -0.4 is 0 Å². The van der Waals surface area contributed by atoms with Gasteiger partial charge < -0.3 is 20.1 Å². The molecule has 1 aliphatic rings. The molecule has 1 aromatic carbocycles. The quantitative estimate of drug-likeness (QED) is 0.661. The third-order valence-electron chi connectivity index (χ3n) is 3.46. The summed E-state index contributed by atoms with van der Waals surface area (Å²) < 4.78 is 8.61. The van der Waals surface area contributed by atoms with Crippen LogP contribution in [0.1, 0.15) is 6.23 Å².